The molecule has 1 aromatic carbocycles. The van der Waals surface area contributed by atoms with Gasteiger partial charge < -0.3 is 16.8 Å². The zero-order chi connectivity index (χ0) is 10.7. The SMILES string of the molecule is NC(=O)c1ccc(NC(N)=S)cc1Cl. The van der Waals surface area contributed by atoms with Crippen molar-refractivity contribution in [3.63, 3.8) is 0 Å². The number of halogens is 1. The molecule has 0 aromatic heterocycles. The number of carbonyl (C=O) groups excluding carboxylic acids is 1. The van der Waals surface area contributed by atoms with Crippen LogP contribution in [0.2, 0.25) is 5.02 Å². The summed E-state index contributed by atoms with van der Waals surface area (Å²) in [6.07, 6.45) is 0. The van der Waals surface area contributed by atoms with Crippen molar-refractivity contribution in [2.24, 2.45) is 11.5 Å². The maximum absolute atomic E-state index is 10.8. The Morgan fingerprint density at radius 2 is 2.07 bits per heavy atom. The quantitative estimate of drug-likeness (QED) is 0.664. The number of amides is 1. The van der Waals surface area contributed by atoms with E-state index in [1.807, 2.05) is 0 Å². The topological polar surface area (TPSA) is 81.1 Å². The first kappa shape index (κ1) is 10.7. The molecule has 1 rings (SSSR count). The van der Waals surface area contributed by atoms with Crippen molar-refractivity contribution in [3.05, 3.63) is 28.8 Å². The highest BCUT2D eigenvalue weighted by Gasteiger charge is 2.06. The summed E-state index contributed by atoms with van der Waals surface area (Å²) < 4.78 is 0. The summed E-state index contributed by atoms with van der Waals surface area (Å²) >= 11 is 10.4. The van der Waals surface area contributed by atoms with Crippen molar-refractivity contribution >= 4 is 40.5 Å². The van der Waals surface area contributed by atoms with Gasteiger partial charge in [-0.15, -0.1) is 0 Å². The van der Waals surface area contributed by atoms with Crippen molar-refractivity contribution < 1.29 is 4.79 Å². The minimum Gasteiger partial charge on any atom is -0.376 e. The van der Waals surface area contributed by atoms with E-state index in [9.17, 15) is 4.79 Å². The normalized spacial score (nSPS) is 9.50. The van der Waals surface area contributed by atoms with Gasteiger partial charge in [-0.3, -0.25) is 4.79 Å². The zero-order valence-electron chi connectivity index (χ0n) is 7.08. The molecule has 0 fully saturated rings. The van der Waals surface area contributed by atoms with Gasteiger partial charge >= 0.3 is 0 Å². The highest BCUT2D eigenvalue weighted by molar-refractivity contribution is 7.80. The van der Waals surface area contributed by atoms with E-state index in [0.29, 0.717) is 5.69 Å². The minimum atomic E-state index is -0.572. The Labute approximate surface area is 91.2 Å². The van der Waals surface area contributed by atoms with Gasteiger partial charge in [-0.2, -0.15) is 0 Å². The number of thiocarbonyl (C=S) groups is 1. The summed E-state index contributed by atoms with van der Waals surface area (Å²) in [5.41, 5.74) is 11.2. The van der Waals surface area contributed by atoms with Crippen LogP contribution in [0.4, 0.5) is 5.69 Å². The van der Waals surface area contributed by atoms with Gasteiger partial charge in [0.1, 0.15) is 0 Å². The van der Waals surface area contributed by atoms with Gasteiger partial charge in [-0.1, -0.05) is 11.6 Å². The second-order valence-corrected chi connectivity index (χ2v) is 3.40. The maximum Gasteiger partial charge on any atom is 0.250 e. The van der Waals surface area contributed by atoms with Gasteiger partial charge in [0.15, 0.2) is 5.11 Å². The molecule has 0 aliphatic carbocycles. The summed E-state index contributed by atoms with van der Waals surface area (Å²) in [6.45, 7) is 0. The molecular formula is C8H8ClN3OS. The third-order valence-corrected chi connectivity index (χ3v) is 1.92. The van der Waals surface area contributed by atoms with Gasteiger partial charge in [0.2, 0.25) is 5.91 Å². The lowest BCUT2D eigenvalue weighted by atomic mass is 10.2. The third kappa shape index (κ3) is 2.58. The summed E-state index contributed by atoms with van der Waals surface area (Å²) in [5.74, 6) is -0.572. The number of hydrogen-bond donors (Lipinski definition) is 3. The van der Waals surface area contributed by atoms with E-state index in [-0.39, 0.29) is 15.7 Å². The molecular weight excluding hydrogens is 222 g/mol. The Bertz CT molecular complexity index is 394. The third-order valence-electron chi connectivity index (χ3n) is 1.50. The number of nitrogens with one attached hydrogen (secondary N) is 1. The molecule has 0 heterocycles. The first-order chi connectivity index (χ1) is 6.50. The van der Waals surface area contributed by atoms with Crippen molar-refractivity contribution in [1.82, 2.24) is 0 Å². The number of hydrogen-bond acceptors (Lipinski definition) is 2. The molecule has 5 N–H and O–H groups in total. The van der Waals surface area contributed by atoms with E-state index in [0.717, 1.165) is 0 Å². The first-order valence-electron chi connectivity index (χ1n) is 3.66. The summed E-state index contributed by atoms with van der Waals surface area (Å²) in [6, 6.07) is 4.65. The average molecular weight is 230 g/mol. The lowest BCUT2D eigenvalue weighted by Crippen LogP contribution is -2.19. The monoisotopic (exact) mass is 229 g/mol. The van der Waals surface area contributed by atoms with Crippen LogP contribution in [-0.4, -0.2) is 11.0 Å². The molecule has 0 spiro atoms. The van der Waals surface area contributed by atoms with E-state index in [4.69, 9.17) is 23.1 Å². The van der Waals surface area contributed by atoms with Crippen LogP contribution in [0.3, 0.4) is 0 Å². The van der Waals surface area contributed by atoms with Gasteiger partial charge in [0, 0.05) is 5.69 Å². The molecule has 0 aliphatic rings. The Balaban J connectivity index is 3.00. The number of carbonyl (C=O) groups is 1. The number of rotatable bonds is 2. The molecule has 0 aliphatic heterocycles. The average Bonchev–Trinajstić information content (AvgIpc) is 2.01. The summed E-state index contributed by atoms with van der Waals surface area (Å²) in [7, 11) is 0. The zero-order valence-corrected chi connectivity index (χ0v) is 8.65. The molecule has 1 amide bonds. The Morgan fingerprint density at radius 1 is 1.43 bits per heavy atom. The van der Waals surface area contributed by atoms with Crippen LogP contribution in [0.5, 0.6) is 0 Å². The molecule has 0 bridgehead atoms. The molecule has 6 heteroatoms. The fourth-order valence-corrected chi connectivity index (χ4v) is 1.33. The molecule has 1 aromatic rings. The van der Waals surface area contributed by atoms with Gasteiger partial charge in [0.05, 0.1) is 10.6 Å². The summed E-state index contributed by atoms with van der Waals surface area (Å²) in [4.78, 5) is 10.8. The van der Waals surface area contributed by atoms with Crippen LogP contribution in [0.25, 0.3) is 0 Å². The van der Waals surface area contributed by atoms with Gasteiger partial charge in [-0.25, -0.2) is 0 Å². The van der Waals surface area contributed by atoms with Crippen LogP contribution in [0.1, 0.15) is 10.4 Å². The van der Waals surface area contributed by atoms with Crippen LogP contribution < -0.4 is 16.8 Å². The van der Waals surface area contributed by atoms with Crippen molar-refractivity contribution in [3.8, 4) is 0 Å². The molecule has 74 valence electrons. The number of nitrogens with two attached hydrogens (primary N) is 2. The highest BCUT2D eigenvalue weighted by atomic mass is 35.5. The molecule has 4 nitrogen and oxygen atoms in total. The lowest BCUT2D eigenvalue weighted by Gasteiger charge is -2.05. The first-order valence-corrected chi connectivity index (χ1v) is 4.45. The predicted octanol–water partition coefficient (Wildman–Crippen LogP) is 1.09. The van der Waals surface area contributed by atoms with Crippen LogP contribution >= 0.6 is 23.8 Å². The van der Waals surface area contributed by atoms with Crippen molar-refractivity contribution in [1.29, 1.82) is 0 Å². The number of anilines is 1. The molecule has 0 radical (unpaired) electrons. The van der Waals surface area contributed by atoms with Crippen LogP contribution in [0.15, 0.2) is 18.2 Å². The fraction of sp³-hybridized carbons (Fsp3) is 0. The second kappa shape index (κ2) is 4.26. The Hall–Kier alpha value is -1.33. The van der Waals surface area contributed by atoms with Gasteiger partial charge in [-0.05, 0) is 30.4 Å². The van der Waals surface area contributed by atoms with E-state index >= 15 is 0 Å². The van der Waals surface area contributed by atoms with Crippen LogP contribution in [-0.2, 0) is 0 Å². The minimum absolute atomic E-state index is 0.132. The Kier molecular flexibility index (Phi) is 3.27. The van der Waals surface area contributed by atoms with Crippen molar-refractivity contribution in [2.45, 2.75) is 0 Å². The van der Waals surface area contributed by atoms with E-state index < -0.39 is 5.91 Å². The highest BCUT2D eigenvalue weighted by Crippen LogP contribution is 2.20. The maximum atomic E-state index is 10.8. The van der Waals surface area contributed by atoms with E-state index in [2.05, 4.69) is 17.5 Å². The Morgan fingerprint density at radius 3 is 2.50 bits per heavy atom. The molecule has 14 heavy (non-hydrogen) atoms. The molecule has 0 unspecified atom stereocenters. The number of primary amides is 1. The predicted molar refractivity (Wildman–Crippen MR) is 60.4 cm³/mol. The van der Waals surface area contributed by atoms with Crippen molar-refractivity contribution in [2.75, 3.05) is 5.32 Å². The number of benzene rings is 1. The largest absolute Gasteiger partial charge is 0.376 e. The molecule has 0 atom stereocenters. The summed E-state index contributed by atoms with van der Waals surface area (Å²) in [5, 5.41) is 3.08. The molecule has 0 saturated carbocycles. The van der Waals surface area contributed by atoms with E-state index in [1.165, 1.54) is 12.1 Å². The fourth-order valence-electron chi connectivity index (χ4n) is 0.935. The smallest absolute Gasteiger partial charge is 0.250 e. The second-order valence-electron chi connectivity index (χ2n) is 2.55. The van der Waals surface area contributed by atoms with E-state index in [1.54, 1.807) is 6.07 Å². The lowest BCUT2D eigenvalue weighted by molar-refractivity contribution is 0.100. The van der Waals surface area contributed by atoms with Gasteiger partial charge in [0.25, 0.3) is 0 Å². The standard InChI is InChI=1S/C8H8ClN3OS/c9-6-3-4(12-8(11)14)1-2-5(6)7(10)13/h1-3H,(H2,10,13)(H3,11,12,14). The molecule has 0 saturated heterocycles. The van der Waals surface area contributed by atoms with Crippen LogP contribution in [0, 0.1) is 0 Å².